The second-order valence-electron chi connectivity index (χ2n) is 4.08. The Balaban J connectivity index is 2.48. The average Bonchev–Trinajstić information content (AvgIpc) is 2.96. The number of aryl methyl sites for hydroxylation is 1. The third-order valence-electron chi connectivity index (χ3n) is 3.08. The van der Waals surface area contributed by atoms with Crippen LogP contribution in [0.2, 0.25) is 0 Å². The lowest BCUT2D eigenvalue weighted by molar-refractivity contribution is 0.0688. The van der Waals surface area contributed by atoms with E-state index in [1.807, 2.05) is 41.8 Å². The first-order valence-electron chi connectivity index (χ1n) is 5.54. The quantitative estimate of drug-likeness (QED) is 0.762. The number of hydrogen-bond acceptors (Lipinski definition) is 2. The van der Waals surface area contributed by atoms with Crippen LogP contribution in [0, 0.1) is 0 Å². The van der Waals surface area contributed by atoms with Gasteiger partial charge in [0.15, 0.2) is 0 Å². The number of para-hydroxylation sites is 1. The number of rotatable bonds is 2. The van der Waals surface area contributed by atoms with Crippen molar-refractivity contribution in [2.45, 2.75) is 0 Å². The van der Waals surface area contributed by atoms with E-state index in [-0.39, 0.29) is 0 Å². The van der Waals surface area contributed by atoms with E-state index in [0.29, 0.717) is 5.69 Å². The van der Waals surface area contributed by atoms with Gasteiger partial charge in [0.05, 0.1) is 0 Å². The monoisotopic (exact) mass is 257 g/mol. The normalized spacial score (nSPS) is 10.9. The Bertz CT molecular complexity index is 726. The van der Waals surface area contributed by atoms with Gasteiger partial charge in [-0.2, -0.15) is 0 Å². The molecule has 90 valence electrons. The maximum atomic E-state index is 11.5. The lowest BCUT2D eigenvalue weighted by atomic mass is 10.1. The van der Waals surface area contributed by atoms with E-state index in [2.05, 4.69) is 0 Å². The number of benzene rings is 1. The summed E-state index contributed by atoms with van der Waals surface area (Å²) in [5.74, 6) is -0.892. The summed E-state index contributed by atoms with van der Waals surface area (Å²) in [6.45, 7) is 0. The highest BCUT2D eigenvalue weighted by Crippen LogP contribution is 2.36. The third-order valence-corrected chi connectivity index (χ3v) is 3.96. The van der Waals surface area contributed by atoms with Crippen LogP contribution in [0.3, 0.4) is 0 Å². The summed E-state index contributed by atoms with van der Waals surface area (Å²) in [4.78, 5) is 12.5. The summed E-state index contributed by atoms with van der Waals surface area (Å²) in [6.07, 6.45) is 0. The molecule has 0 amide bonds. The average molecular weight is 257 g/mol. The van der Waals surface area contributed by atoms with Crippen LogP contribution in [-0.4, -0.2) is 15.6 Å². The van der Waals surface area contributed by atoms with Crippen LogP contribution >= 0.6 is 11.3 Å². The number of carboxylic acids is 1. The van der Waals surface area contributed by atoms with Crippen LogP contribution in [0.5, 0.6) is 0 Å². The second kappa shape index (κ2) is 3.99. The molecule has 0 saturated heterocycles. The van der Waals surface area contributed by atoms with Gasteiger partial charge in [0, 0.05) is 28.4 Å². The van der Waals surface area contributed by atoms with Crippen LogP contribution in [0.4, 0.5) is 0 Å². The standard InChI is InChI=1S/C14H11NO2S/c1-15-10-6-3-2-5-9(10)12(13(15)14(16)17)11-7-4-8-18-11/h2-8H,1H3,(H,16,17). The molecule has 2 heterocycles. The van der Waals surface area contributed by atoms with E-state index >= 15 is 0 Å². The van der Waals surface area contributed by atoms with Crippen molar-refractivity contribution < 1.29 is 9.90 Å². The molecule has 0 spiro atoms. The van der Waals surface area contributed by atoms with E-state index in [1.54, 1.807) is 23.0 Å². The number of carboxylic acid groups (broad SMARTS) is 1. The molecule has 2 aromatic heterocycles. The molecule has 0 atom stereocenters. The molecule has 0 radical (unpaired) electrons. The molecule has 1 N–H and O–H groups in total. The molecule has 3 nitrogen and oxygen atoms in total. The van der Waals surface area contributed by atoms with Crippen molar-refractivity contribution in [1.29, 1.82) is 0 Å². The van der Waals surface area contributed by atoms with Gasteiger partial charge in [-0.05, 0) is 17.5 Å². The van der Waals surface area contributed by atoms with Crippen LogP contribution in [0.15, 0.2) is 41.8 Å². The molecular weight excluding hydrogens is 246 g/mol. The van der Waals surface area contributed by atoms with Crippen molar-refractivity contribution in [3.63, 3.8) is 0 Å². The van der Waals surface area contributed by atoms with Gasteiger partial charge in [-0.3, -0.25) is 0 Å². The smallest absolute Gasteiger partial charge is 0.353 e. The van der Waals surface area contributed by atoms with E-state index < -0.39 is 5.97 Å². The first kappa shape index (κ1) is 11.0. The molecule has 0 fully saturated rings. The summed E-state index contributed by atoms with van der Waals surface area (Å²) >= 11 is 1.56. The minimum atomic E-state index is -0.892. The van der Waals surface area contributed by atoms with Crippen molar-refractivity contribution in [2.24, 2.45) is 7.05 Å². The molecule has 3 rings (SSSR count). The van der Waals surface area contributed by atoms with E-state index in [9.17, 15) is 9.90 Å². The molecule has 0 aliphatic carbocycles. The summed E-state index contributed by atoms with van der Waals surface area (Å²) in [7, 11) is 1.79. The fraction of sp³-hybridized carbons (Fsp3) is 0.0714. The largest absolute Gasteiger partial charge is 0.477 e. The summed E-state index contributed by atoms with van der Waals surface area (Å²) in [6, 6.07) is 11.7. The van der Waals surface area contributed by atoms with Gasteiger partial charge in [-0.15, -0.1) is 11.3 Å². The predicted molar refractivity (Wildman–Crippen MR) is 73.2 cm³/mol. The van der Waals surface area contributed by atoms with Gasteiger partial charge in [0.25, 0.3) is 0 Å². The third kappa shape index (κ3) is 1.46. The molecule has 18 heavy (non-hydrogen) atoms. The van der Waals surface area contributed by atoms with Crippen molar-refractivity contribution in [3.8, 4) is 10.4 Å². The molecule has 0 aliphatic heterocycles. The minimum Gasteiger partial charge on any atom is -0.477 e. The zero-order valence-electron chi connectivity index (χ0n) is 9.75. The van der Waals surface area contributed by atoms with Gasteiger partial charge in [0.2, 0.25) is 0 Å². The van der Waals surface area contributed by atoms with Gasteiger partial charge < -0.3 is 9.67 Å². The number of carbonyl (C=O) groups is 1. The van der Waals surface area contributed by atoms with Gasteiger partial charge >= 0.3 is 5.97 Å². The zero-order chi connectivity index (χ0) is 12.7. The Hall–Kier alpha value is -2.07. The number of nitrogens with zero attached hydrogens (tertiary/aromatic N) is 1. The van der Waals surface area contributed by atoms with E-state index in [4.69, 9.17) is 0 Å². The summed E-state index contributed by atoms with van der Waals surface area (Å²) in [5.41, 5.74) is 2.10. The second-order valence-corrected chi connectivity index (χ2v) is 5.03. The minimum absolute atomic E-state index is 0.346. The topological polar surface area (TPSA) is 42.2 Å². The number of fused-ring (bicyclic) bond motifs is 1. The number of hydrogen-bond donors (Lipinski definition) is 1. The highest BCUT2D eigenvalue weighted by molar-refractivity contribution is 7.13. The lowest BCUT2D eigenvalue weighted by Gasteiger charge is -2.00. The van der Waals surface area contributed by atoms with E-state index in [1.165, 1.54) is 0 Å². The maximum absolute atomic E-state index is 11.5. The Morgan fingerprint density at radius 3 is 2.67 bits per heavy atom. The first-order chi connectivity index (χ1) is 8.70. The number of aromatic carboxylic acids is 1. The Kier molecular flexibility index (Phi) is 2.45. The van der Waals surface area contributed by atoms with Crippen LogP contribution in [0.25, 0.3) is 21.3 Å². The van der Waals surface area contributed by atoms with Crippen LogP contribution in [-0.2, 0) is 7.05 Å². The van der Waals surface area contributed by atoms with Gasteiger partial charge in [-0.25, -0.2) is 4.79 Å². The number of thiophene rings is 1. The van der Waals surface area contributed by atoms with Crippen LogP contribution in [0.1, 0.15) is 10.5 Å². The summed E-state index contributed by atoms with van der Waals surface area (Å²) in [5, 5.41) is 12.4. The fourth-order valence-electron chi connectivity index (χ4n) is 2.31. The van der Waals surface area contributed by atoms with Crippen molar-refractivity contribution in [3.05, 3.63) is 47.5 Å². The van der Waals surface area contributed by atoms with Crippen molar-refractivity contribution in [1.82, 2.24) is 4.57 Å². The lowest BCUT2D eigenvalue weighted by Crippen LogP contribution is -2.05. The number of aromatic nitrogens is 1. The molecule has 0 unspecified atom stereocenters. The highest BCUT2D eigenvalue weighted by Gasteiger charge is 2.21. The highest BCUT2D eigenvalue weighted by atomic mass is 32.1. The molecule has 0 aliphatic rings. The van der Waals surface area contributed by atoms with Crippen molar-refractivity contribution >= 4 is 28.2 Å². The molecule has 0 saturated carbocycles. The summed E-state index contributed by atoms with van der Waals surface area (Å²) < 4.78 is 1.74. The van der Waals surface area contributed by atoms with Crippen molar-refractivity contribution in [2.75, 3.05) is 0 Å². The Morgan fingerprint density at radius 1 is 1.22 bits per heavy atom. The fourth-order valence-corrected chi connectivity index (χ4v) is 3.10. The zero-order valence-corrected chi connectivity index (χ0v) is 10.6. The molecule has 4 heteroatoms. The molecule has 3 aromatic rings. The Morgan fingerprint density at radius 2 is 2.00 bits per heavy atom. The van der Waals surface area contributed by atoms with Gasteiger partial charge in [-0.1, -0.05) is 24.3 Å². The van der Waals surface area contributed by atoms with Crippen LogP contribution < -0.4 is 0 Å². The predicted octanol–water partition coefficient (Wildman–Crippen LogP) is 3.61. The molecular formula is C14H11NO2S. The Labute approximate surface area is 108 Å². The maximum Gasteiger partial charge on any atom is 0.353 e. The van der Waals surface area contributed by atoms with Gasteiger partial charge in [0.1, 0.15) is 5.69 Å². The van der Waals surface area contributed by atoms with E-state index in [0.717, 1.165) is 21.3 Å². The molecule has 0 bridgehead atoms. The SMILES string of the molecule is Cn1c(C(=O)O)c(-c2cccs2)c2ccccc21. The first-order valence-corrected chi connectivity index (χ1v) is 6.42. The molecule has 1 aromatic carbocycles.